The minimum absolute atomic E-state index is 0.395. The number of benzene rings is 2. The first-order chi connectivity index (χ1) is 9.65. The van der Waals surface area contributed by atoms with Gasteiger partial charge in [-0.2, -0.15) is 0 Å². The van der Waals surface area contributed by atoms with E-state index in [1.807, 2.05) is 30.3 Å². The van der Waals surface area contributed by atoms with E-state index in [0.29, 0.717) is 11.3 Å². The third kappa shape index (κ3) is 4.13. The van der Waals surface area contributed by atoms with E-state index in [0.717, 1.165) is 6.32 Å². The van der Waals surface area contributed by atoms with Gasteiger partial charge in [0.25, 0.3) is 0 Å². The van der Waals surface area contributed by atoms with Crippen LogP contribution >= 0.6 is 0 Å². The molecule has 0 atom stereocenters. The van der Waals surface area contributed by atoms with Gasteiger partial charge in [-0.1, -0.05) is 42.5 Å². The van der Waals surface area contributed by atoms with Gasteiger partial charge in [0.15, 0.2) is 0 Å². The lowest BCUT2D eigenvalue weighted by atomic mass is 9.65. The molecule has 0 unspecified atom stereocenters. The van der Waals surface area contributed by atoms with Crippen molar-refractivity contribution in [3.05, 3.63) is 72.3 Å². The molecule has 0 bridgehead atoms. The molecular weight excluding hydrogens is 247 g/mol. The highest BCUT2D eigenvalue weighted by Gasteiger charge is 2.04. The number of ether oxygens (including phenoxy) is 1. The Kier molecular flexibility index (Phi) is 4.77. The van der Waals surface area contributed by atoms with Crippen LogP contribution in [0.3, 0.4) is 0 Å². The molecule has 0 spiro atoms. The topological polar surface area (TPSA) is 26.3 Å². The molecule has 0 aromatic heterocycles. The fourth-order valence-corrected chi connectivity index (χ4v) is 1.71. The summed E-state index contributed by atoms with van der Waals surface area (Å²) in [5.41, 5.74) is 2.76. The maximum absolute atomic E-state index is 11.4. The number of carbonyl (C=O) groups excluding carboxylic acids is 1. The van der Waals surface area contributed by atoms with Crippen LogP contribution in [0.4, 0.5) is 0 Å². The second-order valence-electron chi connectivity index (χ2n) is 4.63. The highest BCUT2D eigenvalue weighted by atomic mass is 16.5. The fourth-order valence-electron chi connectivity index (χ4n) is 1.71. The Morgan fingerprint density at radius 1 is 1.10 bits per heavy atom. The lowest BCUT2D eigenvalue weighted by Gasteiger charge is -2.16. The predicted octanol–water partition coefficient (Wildman–Crippen LogP) is 2.70. The highest BCUT2D eigenvalue weighted by Crippen LogP contribution is 2.13. The minimum atomic E-state index is -0.395. The van der Waals surface area contributed by atoms with Crippen molar-refractivity contribution >= 4 is 18.7 Å². The van der Waals surface area contributed by atoms with Gasteiger partial charge in [0, 0.05) is 5.57 Å². The number of hydrogen-bond donors (Lipinski definition) is 0. The second-order valence-corrected chi connectivity index (χ2v) is 4.63. The Morgan fingerprint density at radius 3 is 2.35 bits per heavy atom. The van der Waals surface area contributed by atoms with Crippen LogP contribution < -0.4 is 10.2 Å². The Morgan fingerprint density at radius 2 is 1.75 bits per heavy atom. The van der Waals surface area contributed by atoms with Crippen molar-refractivity contribution in [2.45, 2.75) is 13.2 Å². The summed E-state index contributed by atoms with van der Waals surface area (Å²) < 4.78 is 5.14. The van der Waals surface area contributed by atoms with Crippen LogP contribution in [0.15, 0.2) is 66.7 Å². The van der Waals surface area contributed by atoms with Gasteiger partial charge in [-0.3, -0.25) is 12.7 Å². The molecule has 2 aromatic carbocycles. The van der Waals surface area contributed by atoms with E-state index < -0.39 is 5.97 Å². The van der Waals surface area contributed by atoms with Crippen molar-refractivity contribution in [3.63, 3.8) is 0 Å². The van der Waals surface area contributed by atoms with Gasteiger partial charge >= 0.3 is 5.97 Å². The van der Waals surface area contributed by atoms with Crippen LogP contribution in [-0.2, 0) is 11.1 Å². The van der Waals surface area contributed by atoms with Crippen molar-refractivity contribution < 1.29 is 9.53 Å². The second kappa shape index (κ2) is 6.76. The quantitative estimate of drug-likeness (QED) is 0.359. The molecule has 0 fully saturated rings. The molecule has 2 nitrogen and oxygen atoms in total. The average Bonchev–Trinajstić information content (AvgIpc) is 2.47. The molecule has 0 saturated heterocycles. The average molecular weight is 263 g/mol. The van der Waals surface area contributed by atoms with Crippen LogP contribution in [0, 0.1) is 0 Å². The van der Waals surface area contributed by atoms with Crippen LogP contribution in [0.1, 0.15) is 12.5 Å². The van der Waals surface area contributed by atoms with Gasteiger partial charge in [-0.25, -0.2) is 11.1 Å². The molecule has 0 saturated carbocycles. The normalized spacial score (nSPS) is 10.1. The molecule has 0 heterocycles. The summed E-state index contributed by atoms with van der Waals surface area (Å²) in [5, 5.41) is 0. The number of esters is 1. The zero-order valence-electron chi connectivity index (χ0n) is 11.5. The summed E-state index contributed by atoms with van der Waals surface area (Å²) >= 11 is 0. The molecule has 0 aliphatic rings. The molecule has 0 amide bonds. The van der Waals surface area contributed by atoms with E-state index in [9.17, 15) is 4.79 Å². The Balaban J connectivity index is 1.91. The summed E-state index contributed by atoms with van der Waals surface area (Å²) in [6.07, 6.45) is 0.846. The van der Waals surface area contributed by atoms with Gasteiger partial charge in [-0.15, -0.1) is 12.1 Å². The van der Waals surface area contributed by atoms with Gasteiger partial charge < -0.3 is 4.74 Å². The van der Waals surface area contributed by atoms with Gasteiger partial charge in [-0.05, 0) is 19.1 Å². The number of carbonyl (C=O) groups is 1. The van der Waals surface area contributed by atoms with Crippen molar-refractivity contribution in [3.8, 4) is 5.75 Å². The first kappa shape index (κ1) is 14.1. The Labute approximate surface area is 120 Å². The molecule has 100 valence electrons. The van der Waals surface area contributed by atoms with Crippen LogP contribution in [0.25, 0.3) is 0 Å². The lowest BCUT2D eigenvalue weighted by molar-refractivity contribution is -0.130. The minimum Gasteiger partial charge on any atom is -0.423 e. The number of hydrogen-bond acceptors (Lipinski definition) is 2. The smallest absolute Gasteiger partial charge is 0.338 e. The van der Waals surface area contributed by atoms with Crippen molar-refractivity contribution in [2.24, 2.45) is 0 Å². The SMILES string of the molecule is C=C(C)C(=O)Oc1ccc(C[B-]c2ccccc2)cc1. The van der Waals surface area contributed by atoms with Gasteiger partial charge in [0.05, 0.1) is 0 Å². The van der Waals surface area contributed by atoms with Crippen LogP contribution in [-0.4, -0.2) is 13.2 Å². The predicted molar refractivity (Wildman–Crippen MR) is 82.4 cm³/mol. The molecule has 2 rings (SSSR count). The summed E-state index contributed by atoms with van der Waals surface area (Å²) in [6.45, 7) is 5.18. The molecule has 2 radical (unpaired) electrons. The molecule has 3 heteroatoms. The number of rotatable bonds is 5. The van der Waals surface area contributed by atoms with Crippen molar-refractivity contribution in [1.82, 2.24) is 0 Å². The van der Waals surface area contributed by atoms with E-state index in [4.69, 9.17) is 4.74 Å². The monoisotopic (exact) mass is 263 g/mol. The molecule has 0 N–H and O–H groups in total. The fraction of sp³-hybridized carbons (Fsp3) is 0.118. The maximum atomic E-state index is 11.4. The largest absolute Gasteiger partial charge is 0.423 e. The molecule has 2 aromatic rings. The van der Waals surface area contributed by atoms with E-state index in [1.54, 1.807) is 19.1 Å². The zero-order chi connectivity index (χ0) is 14.4. The molecule has 20 heavy (non-hydrogen) atoms. The van der Waals surface area contributed by atoms with Crippen molar-refractivity contribution in [1.29, 1.82) is 0 Å². The first-order valence-electron chi connectivity index (χ1n) is 6.50. The summed E-state index contributed by atoms with van der Waals surface area (Å²) in [7, 11) is 2.16. The summed E-state index contributed by atoms with van der Waals surface area (Å²) in [5.74, 6) is 0.148. The van der Waals surface area contributed by atoms with Crippen LogP contribution in [0.2, 0.25) is 0 Å². The van der Waals surface area contributed by atoms with Crippen LogP contribution in [0.5, 0.6) is 5.75 Å². The third-order valence-corrected chi connectivity index (χ3v) is 2.86. The summed E-state index contributed by atoms with van der Waals surface area (Å²) in [4.78, 5) is 11.4. The van der Waals surface area contributed by atoms with E-state index in [2.05, 4.69) is 26.0 Å². The van der Waals surface area contributed by atoms with E-state index in [-0.39, 0.29) is 0 Å². The molecule has 0 aliphatic carbocycles. The van der Waals surface area contributed by atoms with Gasteiger partial charge in [0.2, 0.25) is 0 Å². The standard InChI is InChI=1S/C17H16BO2/c1-13(2)17(19)20-16-10-8-14(9-11-16)12-18-15-6-4-3-5-7-15/h3-11H,1,12H2,2H3/q-1. The first-order valence-corrected chi connectivity index (χ1v) is 6.50. The maximum Gasteiger partial charge on any atom is 0.338 e. The van der Waals surface area contributed by atoms with E-state index in [1.165, 1.54) is 11.0 Å². The Hall–Kier alpha value is -2.29. The third-order valence-electron chi connectivity index (χ3n) is 2.86. The zero-order valence-corrected chi connectivity index (χ0v) is 11.5. The van der Waals surface area contributed by atoms with Gasteiger partial charge in [0.1, 0.15) is 5.75 Å². The lowest BCUT2D eigenvalue weighted by Crippen LogP contribution is -2.15. The van der Waals surface area contributed by atoms with E-state index >= 15 is 0 Å². The molecular formula is C17H16BO2-. The molecule has 0 aliphatic heterocycles. The Bertz CT molecular complexity index is 588. The highest BCUT2D eigenvalue weighted by molar-refractivity contribution is 6.52. The van der Waals surface area contributed by atoms with Crippen molar-refractivity contribution in [2.75, 3.05) is 0 Å². The summed E-state index contributed by atoms with van der Waals surface area (Å²) in [6, 6.07) is 17.7.